The standard InChI is InChI=1S/C32H31ClN4O6/c1-3-41-29(38)11-13-35-31(39)30-19(2)21-16-28(23(33)17-27(21)43-30)42-26-10-12-34-18-22(26)32(40)37-15-14-36(20-8-9-20)24-6-4-5-7-25(24)37/h4-7,10,12,16-18,20H,3,8-9,11,13-15H2,1-2H3,(H,35,39). The molecule has 6 rings (SSSR count). The maximum absolute atomic E-state index is 13.9. The Hall–Kier alpha value is -4.57. The fraction of sp³-hybridized carbons (Fsp3) is 0.312. The van der Waals surface area contributed by atoms with Crippen LogP contribution in [0.1, 0.15) is 52.7 Å². The van der Waals surface area contributed by atoms with Crippen LogP contribution in [-0.4, -0.2) is 55.1 Å². The highest BCUT2D eigenvalue weighted by atomic mass is 35.5. The molecule has 1 aliphatic heterocycles. The van der Waals surface area contributed by atoms with Crippen LogP contribution < -0.4 is 19.9 Å². The number of carbonyl (C=O) groups is 3. The second-order valence-electron chi connectivity index (χ2n) is 10.5. The van der Waals surface area contributed by atoms with Crippen molar-refractivity contribution >= 4 is 51.7 Å². The van der Waals surface area contributed by atoms with Gasteiger partial charge in [0.15, 0.2) is 5.76 Å². The van der Waals surface area contributed by atoms with E-state index in [0.717, 1.165) is 17.9 Å². The van der Waals surface area contributed by atoms with Crippen molar-refractivity contribution in [2.75, 3.05) is 36.0 Å². The van der Waals surface area contributed by atoms with Crippen LogP contribution in [0.4, 0.5) is 11.4 Å². The maximum atomic E-state index is 13.9. The number of carbonyl (C=O) groups excluding carboxylic acids is 3. The zero-order chi connectivity index (χ0) is 30.1. The van der Waals surface area contributed by atoms with E-state index in [1.165, 1.54) is 19.0 Å². The predicted octanol–water partition coefficient (Wildman–Crippen LogP) is 5.89. The molecule has 222 valence electrons. The average Bonchev–Trinajstić information content (AvgIpc) is 3.81. The number of aryl methyl sites for hydroxylation is 1. The molecule has 2 aromatic carbocycles. The van der Waals surface area contributed by atoms with Crippen LogP contribution in [0.5, 0.6) is 11.5 Å². The van der Waals surface area contributed by atoms with Crippen LogP contribution in [0.3, 0.4) is 0 Å². The third-order valence-corrected chi connectivity index (χ3v) is 7.92. The maximum Gasteiger partial charge on any atom is 0.307 e. The number of halogens is 1. The van der Waals surface area contributed by atoms with Gasteiger partial charge in [-0.25, -0.2) is 0 Å². The van der Waals surface area contributed by atoms with Crippen molar-refractivity contribution < 1.29 is 28.3 Å². The quantitative estimate of drug-likeness (QED) is 0.236. The van der Waals surface area contributed by atoms with Crippen molar-refractivity contribution in [3.05, 3.63) is 76.8 Å². The van der Waals surface area contributed by atoms with Gasteiger partial charge in [-0.3, -0.25) is 19.4 Å². The fourth-order valence-corrected chi connectivity index (χ4v) is 5.56. The normalized spacial score (nSPS) is 14.4. The number of pyridine rings is 1. The van der Waals surface area contributed by atoms with Crippen LogP contribution in [-0.2, 0) is 9.53 Å². The Morgan fingerprint density at radius 1 is 1.09 bits per heavy atom. The van der Waals surface area contributed by atoms with Gasteiger partial charge in [0.1, 0.15) is 22.6 Å². The Morgan fingerprint density at radius 3 is 2.65 bits per heavy atom. The van der Waals surface area contributed by atoms with Gasteiger partial charge in [-0.15, -0.1) is 0 Å². The Labute approximate surface area is 253 Å². The minimum Gasteiger partial charge on any atom is -0.466 e. The molecule has 0 spiro atoms. The molecule has 11 heteroatoms. The third kappa shape index (κ3) is 5.75. The van der Waals surface area contributed by atoms with Crippen molar-refractivity contribution in [1.29, 1.82) is 0 Å². The first kappa shape index (κ1) is 28.5. The first-order valence-corrected chi connectivity index (χ1v) is 14.7. The minimum absolute atomic E-state index is 0.0530. The highest BCUT2D eigenvalue weighted by Crippen LogP contribution is 2.42. The largest absolute Gasteiger partial charge is 0.466 e. The molecule has 1 aliphatic carbocycles. The smallest absolute Gasteiger partial charge is 0.307 e. The Bertz CT molecular complexity index is 1720. The molecule has 10 nitrogen and oxygen atoms in total. The van der Waals surface area contributed by atoms with E-state index in [1.807, 2.05) is 18.2 Å². The van der Waals surface area contributed by atoms with Gasteiger partial charge in [0.2, 0.25) is 0 Å². The van der Waals surface area contributed by atoms with Crippen LogP contribution >= 0.6 is 11.6 Å². The summed E-state index contributed by atoms with van der Waals surface area (Å²) in [6.07, 6.45) is 5.45. The number of hydrogen-bond acceptors (Lipinski definition) is 8. The molecule has 2 aliphatic rings. The number of fused-ring (bicyclic) bond motifs is 2. The number of nitrogens with one attached hydrogen (secondary N) is 1. The summed E-state index contributed by atoms with van der Waals surface area (Å²) >= 11 is 6.59. The van der Waals surface area contributed by atoms with Gasteiger partial charge in [-0.2, -0.15) is 0 Å². The summed E-state index contributed by atoms with van der Waals surface area (Å²) in [4.78, 5) is 46.7. The predicted molar refractivity (Wildman–Crippen MR) is 162 cm³/mol. The second-order valence-corrected chi connectivity index (χ2v) is 10.9. The van der Waals surface area contributed by atoms with Crippen molar-refractivity contribution in [3.63, 3.8) is 0 Å². The molecular weight excluding hydrogens is 572 g/mol. The molecule has 3 heterocycles. The molecule has 1 N–H and O–H groups in total. The molecule has 0 bridgehead atoms. The number of rotatable bonds is 9. The molecule has 0 saturated heterocycles. The molecule has 2 amide bonds. The lowest BCUT2D eigenvalue weighted by molar-refractivity contribution is -0.142. The Kier molecular flexibility index (Phi) is 7.94. The number of anilines is 2. The molecule has 1 saturated carbocycles. The van der Waals surface area contributed by atoms with Gasteiger partial charge >= 0.3 is 5.97 Å². The van der Waals surface area contributed by atoms with Crippen molar-refractivity contribution in [1.82, 2.24) is 10.3 Å². The number of ether oxygens (including phenoxy) is 2. The summed E-state index contributed by atoms with van der Waals surface area (Å²) in [7, 11) is 0. The summed E-state index contributed by atoms with van der Waals surface area (Å²) < 4.78 is 16.9. The monoisotopic (exact) mass is 602 g/mol. The number of esters is 1. The van der Waals surface area contributed by atoms with Gasteiger partial charge in [0.05, 0.1) is 29.4 Å². The SMILES string of the molecule is CCOC(=O)CCNC(=O)c1oc2cc(Cl)c(Oc3ccncc3C(=O)N3CCN(C4CC4)c4ccccc43)cc2c1C. The number of benzene rings is 2. The number of hydrogen-bond donors (Lipinski definition) is 1. The van der Waals surface area contributed by atoms with Gasteiger partial charge in [0, 0.05) is 55.1 Å². The summed E-state index contributed by atoms with van der Waals surface area (Å²) in [6, 6.07) is 13.4. The summed E-state index contributed by atoms with van der Waals surface area (Å²) in [6.45, 7) is 5.17. The average molecular weight is 603 g/mol. The molecule has 2 aromatic heterocycles. The molecule has 43 heavy (non-hydrogen) atoms. The Morgan fingerprint density at radius 2 is 1.88 bits per heavy atom. The van der Waals surface area contributed by atoms with Gasteiger partial charge < -0.3 is 29.0 Å². The minimum atomic E-state index is -0.458. The molecule has 4 aromatic rings. The van der Waals surface area contributed by atoms with Crippen molar-refractivity contribution in [2.45, 2.75) is 39.2 Å². The van der Waals surface area contributed by atoms with Crippen molar-refractivity contribution in [2.24, 2.45) is 0 Å². The van der Waals surface area contributed by atoms with Crippen molar-refractivity contribution in [3.8, 4) is 11.5 Å². The lowest BCUT2D eigenvalue weighted by atomic mass is 10.1. The first-order chi connectivity index (χ1) is 20.9. The van der Waals surface area contributed by atoms with Crippen LogP contribution in [0.25, 0.3) is 11.0 Å². The molecule has 0 unspecified atom stereocenters. The van der Waals surface area contributed by atoms with E-state index >= 15 is 0 Å². The van der Waals surface area contributed by atoms with Crippen LogP contribution in [0.2, 0.25) is 5.02 Å². The number of aromatic nitrogens is 1. The van der Waals surface area contributed by atoms with E-state index < -0.39 is 11.9 Å². The third-order valence-electron chi connectivity index (χ3n) is 7.63. The molecular formula is C32H31ClN4O6. The summed E-state index contributed by atoms with van der Waals surface area (Å²) in [5, 5.41) is 3.55. The number of para-hydroxylation sites is 2. The lowest BCUT2D eigenvalue weighted by Gasteiger charge is -2.38. The summed E-state index contributed by atoms with van der Waals surface area (Å²) in [5.74, 6) is -0.356. The van der Waals surface area contributed by atoms with Gasteiger partial charge in [0.25, 0.3) is 11.8 Å². The van der Waals surface area contributed by atoms with Crippen LogP contribution in [0, 0.1) is 6.92 Å². The van der Waals surface area contributed by atoms with E-state index in [1.54, 1.807) is 43.1 Å². The molecule has 0 radical (unpaired) electrons. The zero-order valence-electron chi connectivity index (χ0n) is 23.9. The summed E-state index contributed by atoms with van der Waals surface area (Å²) in [5.41, 5.74) is 3.21. The highest BCUT2D eigenvalue weighted by Gasteiger charge is 2.36. The number of nitrogens with zero attached hydrogens (tertiary/aromatic N) is 3. The lowest BCUT2D eigenvalue weighted by Crippen LogP contribution is -2.45. The van der Waals surface area contributed by atoms with Crippen LogP contribution in [0.15, 0.2) is 59.3 Å². The van der Waals surface area contributed by atoms with E-state index in [2.05, 4.69) is 21.3 Å². The zero-order valence-corrected chi connectivity index (χ0v) is 24.6. The number of furan rings is 1. The van der Waals surface area contributed by atoms with E-state index in [9.17, 15) is 14.4 Å². The molecule has 1 fully saturated rings. The Balaban J connectivity index is 1.24. The topological polar surface area (TPSA) is 114 Å². The fourth-order valence-electron chi connectivity index (χ4n) is 5.36. The van der Waals surface area contributed by atoms with Gasteiger partial charge in [-0.05, 0) is 51.0 Å². The van der Waals surface area contributed by atoms with E-state index in [0.29, 0.717) is 46.2 Å². The highest BCUT2D eigenvalue weighted by molar-refractivity contribution is 6.33. The number of amides is 2. The van der Waals surface area contributed by atoms with Gasteiger partial charge in [-0.1, -0.05) is 23.7 Å². The van der Waals surface area contributed by atoms with E-state index in [-0.39, 0.29) is 36.3 Å². The van der Waals surface area contributed by atoms with E-state index in [4.69, 9.17) is 25.5 Å². The molecule has 0 atom stereocenters. The second kappa shape index (κ2) is 12.0. The first-order valence-electron chi connectivity index (χ1n) is 14.3.